The molecule has 0 aliphatic carbocycles. The lowest BCUT2D eigenvalue weighted by Crippen LogP contribution is -2.42. The molecule has 2 amide bonds. The fourth-order valence-corrected chi connectivity index (χ4v) is 3.22. The summed E-state index contributed by atoms with van der Waals surface area (Å²) in [5.74, 6) is -0.275. The van der Waals surface area contributed by atoms with Gasteiger partial charge in [0.05, 0.1) is 18.6 Å². The fourth-order valence-electron chi connectivity index (χ4n) is 2.94. The average molecular weight is 377 g/mol. The zero-order chi connectivity index (χ0) is 18.7. The van der Waals surface area contributed by atoms with Gasteiger partial charge in [-0.3, -0.25) is 9.59 Å². The summed E-state index contributed by atoms with van der Waals surface area (Å²) in [6.07, 6.45) is 0.620. The van der Waals surface area contributed by atoms with Crippen molar-refractivity contribution in [1.82, 2.24) is 5.32 Å². The minimum absolute atomic E-state index is 0.115. The summed E-state index contributed by atoms with van der Waals surface area (Å²) in [7, 11) is 1.52. The molecule has 1 aliphatic heterocycles. The first kappa shape index (κ1) is 18.2. The zero-order valence-corrected chi connectivity index (χ0v) is 14.9. The van der Waals surface area contributed by atoms with Crippen molar-refractivity contribution >= 4 is 29.1 Å². The number of halogens is 2. The number of ether oxygens (including phenoxy) is 1. The Balaban J connectivity index is 1.60. The van der Waals surface area contributed by atoms with Gasteiger partial charge in [0.2, 0.25) is 11.8 Å². The molecule has 7 heteroatoms. The number of benzene rings is 2. The first-order valence-electron chi connectivity index (χ1n) is 8.16. The maximum absolute atomic E-state index is 13.0. The molecule has 1 heterocycles. The third kappa shape index (κ3) is 3.96. The summed E-state index contributed by atoms with van der Waals surface area (Å²) in [6.45, 7) is 0.476. The molecular weight excluding hydrogens is 359 g/mol. The van der Waals surface area contributed by atoms with Gasteiger partial charge in [0.25, 0.3) is 0 Å². The van der Waals surface area contributed by atoms with Crippen molar-refractivity contribution in [3.8, 4) is 5.75 Å². The number of carbonyl (C=O) groups is 2. The van der Waals surface area contributed by atoms with Crippen molar-refractivity contribution in [2.75, 3.05) is 18.6 Å². The summed E-state index contributed by atoms with van der Waals surface area (Å²) >= 11 is 6.06. The van der Waals surface area contributed by atoms with Gasteiger partial charge in [-0.1, -0.05) is 17.7 Å². The van der Waals surface area contributed by atoms with E-state index in [0.29, 0.717) is 29.4 Å². The second-order valence-electron chi connectivity index (χ2n) is 6.02. The van der Waals surface area contributed by atoms with Crippen molar-refractivity contribution in [3.63, 3.8) is 0 Å². The number of anilines is 1. The van der Waals surface area contributed by atoms with E-state index in [1.165, 1.54) is 19.2 Å². The van der Waals surface area contributed by atoms with E-state index in [1.807, 2.05) is 0 Å². The predicted molar refractivity (Wildman–Crippen MR) is 97.0 cm³/mol. The van der Waals surface area contributed by atoms with Gasteiger partial charge in [-0.2, -0.15) is 0 Å². The number of nitrogens with zero attached hydrogens (tertiary/aromatic N) is 1. The van der Waals surface area contributed by atoms with Gasteiger partial charge in [-0.15, -0.1) is 0 Å². The van der Waals surface area contributed by atoms with E-state index in [2.05, 4.69) is 5.32 Å². The highest BCUT2D eigenvalue weighted by Gasteiger charge is 2.33. The second kappa shape index (κ2) is 7.74. The second-order valence-corrected chi connectivity index (χ2v) is 6.43. The fraction of sp³-hybridized carbons (Fsp3) is 0.263. The molecule has 1 atom stereocenters. The quantitative estimate of drug-likeness (QED) is 0.872. The molecular formula is C19H18ClFN2O3. The van der Waals surface area contributed by atoms with Gasteiger partial charge in [0.15, 0.2) is 0 Å². The molecule has 3 rings (SSSR count). The molecule has 0 spiro atoms. The van der Waals surface area contributed by atoms with Crippen molar-refractivity contribution in [1.29, 1.82) is 0 Å². The van der Waals surface area contributed by atoms with Crippen molar-refractivity contribution in [2.24, 2.45) is 0 Å². The largest absolute Gasteiger partial charge is 0.495 e. The van der Waals surface area contributed by atoms with E-state index in [1.54, 1.807) is 35.2 Å². The van der Waals surface area contributed by atoms with E-state index < -0.39 is 6.04 Å². The predicted octanol–water partition coefficient (Wildman–Crippen LogP) is 2.95. The molecule has 0 bridgehead atoms. The molecule has 0 unspecified atom stereocenters. The molecule has 2 aromatic carbocycles. The lowest BCUT2D eigenvalue weighted by atomic mass is 10.1. The average Bonchev–Trinajstić information content (AvgIpc) is 2.96. The Labute approximate surface area is 155 Å². The number of amides is 2. The van der Waals surface area contributed by atoms with Crippen LogP contribution in [0.1, 0.15) is 12.0 Å². The van der Waals surface area contributed by atoms with Crippen LogP contribution in [0.4, 0.5) is 10.1 Å². The first-order chi connectivity index (χ1) is 12.5. The minimum atomic E-state index is -0.582. The molecule has 1 aliphatic rings. The van der Waals surface area contributed by atoms with Crippen LogP contribution in [0.25, 0.3) is 0 Å². The van der Waals surface area contributed by atoms with Gasteiger partial charge in [-0.25, -0.2) is 4.39 Å². The Morgan fingerprint density at radius 1 is 1.31 bits per heavy atom. The first-order valence-corrected chi connectivity index (χ1v) is 8.54. The van der Waals surface area contributed by atoms with Crippen LogP contribution in [0.15, 0.2) is 42.5 Å². The molecule has 5 nitrogen and oxygen atoms in total. The molecule has 136 valence electrons. The van der Waals surface area contributed by atoms with E-state index in [9.17, 15) is 14.0 Å². The maximum atomic E-state index is 13.0. The van der Waals surface area contributed by atoms with Crippen LogP contribution in [0.5, 0.6) is 5.75 Å². The maximum Gasteiger partial charge on any atom is 0.249 e. The van der Waals surface area contributed by atoms with Gasteiger partial charge < -0.3 is 15.0 Å². The Morgan fingerprint density at radius 3 is 2.69 bits per heavy atom. The highest BCUT2D eigenvalue weighted by Crippen LogP contribution is 2.25. The number of carbonyl (C=O) groups excluding carboxylic acids is 2. The van der Waals surface area contributed by atoms with Crippen LogP contribution in [0.3, 0.4) is 0 Å². The Morgan fingerprint density at radius 2 is 2.04 bits per heavy atom. The SMILES string of the molecule is COc1ccc(CC(=O)N[C@@H]2CCN(c3ccc(F)cc3)C2=O)cc1Cl. The van der Waals surface area contributed by atoms with E-state index in [4.69, 9.17) is 16.3 Å². The molecule has 1 N–H and O–H groups in total. The van der Waals surface area contributed by atoms with Crippen molar-refractivity contribution < 1.29 is 18.7 Å². The number of hydrogen-bond donors (Lipinski definition) is 1. The highest BCUT2D eigenvalue weighted by molar-refractivity contribution is 6.32. The van der Waals surface area contributed by atoms with E-state index >= 15 is 0 Å². The van der Waals surface area contributed by atoms with Crippen LogP contribution in [-0.2, 0) is 16.0 Å². The lowest BCUT2D eigenvalue weighted by Gasteiger charge is -2.17. The highest BCUT2D eigenvalue weighted by atomic mass is 35.5. The minimum Gasteiger partial charge on any atom is -0.495 e. The van der Waals surface area contributed by atoms with Crippen LogP contribution < -0.4 is 15.0 Å². The number of hydrogen-bond acceptors (Lipinski definition) is 3. The molecule has 1 saturated heterocycles. The van der Waals surface area contributed by atoms with Crippen molar-refractivity contribution in [3.05, 3.63) is 58.9 Å². The smallest absolute Gasteiger partial charge is 0.249 e. The topological polar surface area (TPSA) is 58.6 Å². The van der Waals surface area contributed by atoms with Crippen LogP contribution in [-0.4, -0.2) is 31.5 Å². The van der Waals surface area contributed by atoms with Crippen LogP contribution in [0.2, 0.25) is 5.02 Å². The summed E-state index contributed by atoms with van der Waals surface area (Å²) in [5, 5.41) is 3.19. The van der Waals surface area contributed by atoms with Crippen LogP contribution in [0, 0.1) is 5.82 Å². The number of nitrogens with one attached hydrogen (secondary N) is 1. The molecule has 1 fully saturated rings. The summed E-state index contributed by atoms with van der Waals surface area (Å²) < 4.78 is 18.1. The monoisotopic (exact) mass is 376 g/mol. The summed E-state index contributed by atoms with van der Waals surface area (Å²) in [6, 6.07) is 10.3. The molecule has 0 radical (unpaired) electrons. The van der Waals surface area contributed by atoms with E-state index in [-0.39, 0.29) is 24.1 Å². The number of methoxy groups -OCH3 is 1. The van der Waals surface area contributed by atoms with Gasteiger partial charge in [-0.05, 0) is 48.4 Å². The standard InChI is InChI=1S/C19H18ClFN2O3/c1-26-17-7-2-12(10-15(17)20)11-18(24)22-16-8-9-23(19(16)25)14-5-3-13(21)4-6-14/h2-7,10,16H,8-9,11H2,1H3,(H,22,24)/t16-/m1/s1. The molecule has 0 aromatic heterocycles. The third-order valence-corrected chi connectivity index (χ3v) is 4.56. The third-order valence-electron chi connectivity index (χ3n) is 4.26. The Bertz CT molecular complexity index is 826. The lowest BCUT2D eigenvalue weighted by molar-refractivity contribution is -0.126. The number of rotatable bonds is 5. The molecule has 0 saturated carbocycles. The zero-order valence-electron chi connectivity index (χ0n) is 14.2. The Kier molecular flexibility index (Phi) is 5.42. The molecule has 2 aromatic rings. The Hall–Kier alpha value is -2.60. The van der Waals surface area contributed by atoms with Crippen molar-refractivity contribution in [2.45, 2.75) is 18.9 Å². The van der Waals surface area contributed by atoms with Gasteiger partial charge in [0.1, 0.15) is 17.6 Å². The molecule has 26 heavy (non-hydrogen) atoms. The normalized spacial score (nSPS) is 16.7. The van der Waals surface area contributed by atoms with E-state index in [0.717, 1.165) is 5.56 Å². The summed E-state index contributed by atoms with van der Waals surface area (Å²) in [4.78, 5) is 26.3. The van der Waals surface area contributed by atoms with Crippen LogP contribution >= 0.6 is 11.6 Å². The van der Waals surface area contributed by atoms with Gasteiger partial charge >= 0.3 is 0 Å². The summed E-state index contributed by atoms with van der Waals surface area (Å²) in [5.41, 5.74) is 1.35. The van der Waals surface area contributed by atoms with Gasteiger partial charge in [0, 0.05) is 12.2 Å².